The van der Waals surface area contributed by atoms with Crippen molar-refractivity contribution in [1.82, 2.24) is 10.6 Å². The lowest BCUT2D eigenvalue weighted by Gasteiger charge is -2.10. The third-order valence-electron chi connectivity index (χ3n) is 2.08. The summed E-state index contributed by atoms with van der Waals surface area (Å²) in [5, 5.41) is 8.70. The summed E-state index contributed by atoms with van der Waals surface area (Å²) in [6.45, 7) is 6.96. The van der Waals surface area contributed by atoms with E-state index in [2.05, 4.69) is 47.0 Å². The first-order valence-corrected chi connectivity index (χ1v) is 6.79. The van der Waals surface area contributed by atoms with Crippen LogP contribution in [0.1, 0.15) is 25.1 Å². The summed E-state index contributed by atoms with van der Waals surface area (Å²) >= 11 is 1.81. The third kappa shape index (κ3) is 7.59. The Morgan fingerprint density at radius 3 is 2.76 bits per heavy atom. The van der Waals surface area contributed by atoms with E-state index in [0.29, 0.717) is 0 Å². The lowest BCUT2D eigenvalue weighted by molar-refractivity contribution is 0.798. The van der Waals surface area contributed by atoms with Crippen molar-refractivity contribution in [2.24, 2.45) is 4.99 Å². The van der Waals surface area contributed by atoms with Crippen LogP contribution in [0.5, 0.6) is 0 Å². The Morgan fingerprint density at radius 1 is 1.35 bits per heavy atom. The van der Waals surface area contributed by atoms with Crippen LogP contribution in [0.25, 0.3) is 0 Å². The molecule has 0 unspecified atom stereocenters. The van der Waals surface area contributed by atoms with E-state index in [1.165, 1.54) is 4.88 Å². The topological polar surface area (TPSA) is 36.4 Å². The highest BCUT2D eigenvalue weighted by atomic mass is 127. The lowest BCUT2D eigenvalue weighted by Crippen LogP contribution is -2.38. The highest BCUT2D eigenvalue weighted by Crippen LogP contribution is 2.07. The monoisotopic (exact) mass is 367 g/mol. The number of hydrogen-bond donors (Lipinski definition) is 2. The Labute approximate surface area is 125 Å². The average Bonchev–Trinajstić information content (AvgIpc) is 2.79. The summed E-state index contributed by atoms with van der Waals surface area (Å²) < 4.78 is 0. The summed E-state index contributed by atoms with van der Waals surface area (Å²) in [7, 11) is 0. The number of thiophene rings is 1. The predicted molar refractivity (Wildman–Crippen MR) is 87.7 cm³/mol. The zero-order valence-corrected chi connectivity index (χ0v) is 13.7. The minimum Gasteiger partial charge on any atom is -0.357 e. The van der Waals surface area contributed by atoms with Gasteiger partial charge in [-0.15, -0.1) is 35.3 Å². The molecule has 0 aliphatic rings. The molecule has 0 amide bonds. The van der Waals surface area contributed by atoms with Gasteiger partial charge < -0.3 is 10.6 Å². The Balaban J connectivity index is 0.00000256. The van der Waals surface area contributed by atoms with Crippen molar-refractivity contribution < 1.29 is 0 Å². The first-order chi connectivity index (χ1) is 7.86. The van der Waals surface area contributed by atoms with E-state index in [1.807, 2.05) is 0 Å². The van der Waals surface area contributed by atoms with Gasteiger partial charge in [0.25, 0.3) is 0 Å². The minimum absolute atomic E-state index is 0. The fraction of sp³-hybridized carbons (Fsp3) is 0.583. The van der Waals surface area contributed by atoms with Gasteiger partial charge in [-0.1, -0.05) is 13.0 Å². The molecule has 17 heavy (non-hydrogen) atoms. The maximum absolute atomic E-state index is 4.45. The summed E-state index contributed by atoms with van der Waals surface area (Å²) in [5.74, 6) is 0.931. The van der Waals surface area contributed by atoms with Crippen molar-refractivity contribution in [2.45, 2.75) is 26.7 Å². The zero-order chi connectivity index (χ0) is 11.6. The molecule has 0 atom stereocenters. The lowest BCUT2D eigenvalue weighted by atomic mass is 10.3. The van der Waals surface area contributed by atoms with Gasteiger partial charge in [-0.2, -0.15) is 0 Å². The van der Waals surface area contributed by atoms with Crippen LogP contribution in [-0.2, 0) is 6.42 Å². The molecule has 1 aromatic heterocycles. The van der Waals surface area contributed by atoms with Crippen LogP contribution in [-0.4, -0.2) is 25.6 Å². The van der Waals surface area contributed by atoms with Crippen molar-refractivity contribution >= 4 is 41.3 Å². The number of aliphatic imine (C=N–C) groups is 1. The van der Waals surface area contributed by atoms with E-state index in [-0.39, 0.29) is 24.0 Å². The second-order valence-electron chi connectivity index (χ2n) is 3.52. The van der Waals surface area contributed by atoms with Gasteiger partial charge in [-0.25, -0.2) is 0 Å². The van der Waals surface area contributed by atoms with Crippen molar-refractivity contribution in [2.75, 3.05) is 19.6 Å². The zero-order valence-electron chi connectivity index (χ0n) is 10.5. The maximum atomic E-state index is 4.45. The molecule has 0 radical (unpaired) electrons. The Hall–Kier alpha value is -0.300. The first kappa shape index (κ1) is 16.7. The molecule has 5 heteroatoms. The van der Waals surface area contributed by atoms with Crippen LogP contribution in [0.2, 0.25) is 0 Å². The molecule has 0 aliphatic heterocycles. The molecule has 0 aromatic carbocycles. The van der Waals surface area contributed by atoms with Crippen molar-refractivity contribution in [3.05, 3.63) is 22.4 Å². The largest absolute Gasteiger partial charge is 0.357 e. The van der Waals surface area contributed by atoms with E-state index < -0.39 is 0 Å². The Bertz CT molecular complexity index is 299. The van der Waals surface area contributed by atoms with Gasteiger partial charge in [-0.3, -0.25) is 4.99 Å². The van der Waals surface area contributed by atoms with Crippen LogP contribution < -0.4 is 10.6 Å². The summed E-state index contributed by atoms with van der Waals surface area (Å²) in [4.78, 5) is 5.86. The molecule has 1 aromatic rings. The number of rotatable bonds is 6. The average molecular weight is 367 g/mol. The molecule has 1 heterocycles. The molecule has 0 saturated carbocycles. The number of guanidine groups is 1. The standard InChI is InChI=1S/C12H21N3S.HI/c1-3-8-14-12(13-4-2)15-9-7-11-6-5-10-16-11;/h5-6,10H,3-4,7-9H2,1-2H3,(H2,13,14,15);1H. The second-order valence-corrected chi connectivity index (χ2v) is 4.55. The molecule has 3 nitrogen and oxygen atoms in total. The van der Waals surface area contributed by atoms with E-state index >= 15 is 0 Å². The van der Waals surface area contributed by atoms with Crippen molar-refractivity contribution in [1.29, 1.82) is 0 Å². The van der Waals surface area contributed by atoms with Crippen LogP contribution in [0.4, 0.5) is 0 Å². The van der Waals surface area contributed by atoms with Crippen LogP contribution >= 0.6 is 35.3 Å². The molecular weight excluding hydrogens is 345 g/mol. The van der Waals surface area contributed by atoms with Crippen LogP contribution in [0.15, 0.2) is 22.5 Å². The second kappa shape index (κ2) is 10.8. The number of hydrogen-bond acceptors (Lipinski definition) is 2. The number of halogens is 1. The van der Waals surface area contributed by atoms with Gasteiger partial charge in [0, 0.05) is 24.5 Å². The highest BCUT2D eigenvalue weighted by molar-refractivity contribution is 14.0. The third-order valence-corrected chi connectivity index (χ3v) is 3.02. The molecule has 0 aliphatic carbocycles. The molecule has 2 N–H and O–H groups in total. The van der Waals surface area contributed by atoms with E-state index in [4.69, 9.17) is 0 Å². The first-order valence-electron chi connectivity index (χ1n) is 5.91. The van der Waals surface area contributed by atoms with Gasteiger partial charge in [0.1, 0.15) is 0 Å². The van der Waals surface area contributed by atoms with Gasteiger partial charge in [0.05, 0.1) is 0 Å². The highest BCUT2D eigenvalue weighted by Gasteiger charge is 1.97. The summed E-state index contributed by atoms with van der Waals surface area (Å²) in [6.07, 6.45) is 2.15. The van der Waals surface area contributed by atoms with E-state index in [9.17, 15) is 0 Å². The van der Waals surface area contributed by atoms with Crippen LogP contribution in [0.3, 0.4) is 0 Å². The number of nitrogens with one attached hydrogen (secondary N) is 2. The molecule has 98 valence electrons. The van der Waals surface area contributed by atoms with Crippen molar-refractivity contribution in [3.8, 4) is 0 Å². The maximum Gasteiger partial charge on any atom is 0.191 e. The number of nitrogens with zero attached hydrogens (tertiary/aromatic N) is 1. The normalized spacial score (nSPS) is 10.8. The van der Waals surface area contributed by atoms with Gasteiger partial charge in [-0.05, 0) is 31.2 Å². The summed E-state index contributed by atoms with van der Waals surface area (Å²) in [6, 6.07) is 4.26. The van der Waals surface area contributed by atoms with Crippen molar-refractivity contribution in [3.63, 3.8) is 0 Å². The van der Waals surface area contributed by atoms with Crippen LogP contribution in [0, 0.1) is 0 Å². The molecule has 1 rings (SSSR count). The Kier molecular flexibility index (Phi) is 10.6. The van der Waals surface area contributed by atoms with Gasteiger partial charge >= 0.3 is 0 Å². The predicted octanol–water partition coefficient (Wildman–Crippen LogP) is 2.87. The Morgan fingerprint density at radius 2 is 2.18 bits per heavy atom. The smallest absolute Gasteiger partial charge is 0.191 e. The molecule has 0 fully saturated rings. The fourth-order valence-corrected chi connectivity index (χ4v) is 2.03. The molecule has 0 spiro atoms. The van der Waals surface area contributed by atoms with E-state index in [0.717, 1.165) is 38.4 Å². The molecule has 0 bridgehead atoms. The van der Waals surface area contributed by atoms with Gasteiger partial charge in [0.2, 0.25) is 0 Å². The quantitative estimate of drug-likeness (QED) is 0.461. The summed E-state index contributed by atoms with van der Waals surface area (Å²) in [5.41, 5.74) is 0. The van der Waals surface area contributed by atoms with Gasteiger partial charge in [0.15, 0.2) is 5.96 Å². The molecular formula is C12H22IN3S. The molecule has 0 saturated heterocycles. The van der Waals surface area contributed by atoms with E-state index in [1.54, 1.807) is 11.3 Å². The minimum atomic E-state index is 0. The fourth-order valence-electron chi connectivity index (χ4n) is 1.32. The SMILES string of the molecule is CCCN=C(NCC)NCCc1cccs1.I.